The summed E-state index contributed by atoms with van der Waals surface area (Å²) in [5.74, 6) is 1.06. The van der Waals surface area contributed by atoms with Gasteiger partial charge in [-0.15, -0.1) is 24.0 Å². The van der Waals surface area contributed by atoms with E-state index < -0.39 is 0 Å². The lowest BCUT2D eigenvalue weighted by molar-refractivity contribution is 0.238. The molecule has 2 unspecified atom stereocenters. The van der Waals surface area contributed by atoms with E-state index in [0.29, 0.717) is 12.1 Å². The second-order valence-corrected chi connectivity index (χ2v) is 7.83. The third-order valence-corrected chi connectivity index (χ3v) is 5.91. The van der Waals surface area contributed by atoms with E-state index in [1.165, 1.54) is 12.0 Å². The molecule has 156 valence electrons. The van der Waals surface area contributed by atoms with E-state index in [0.717, 1.165) is 51.6 Å². The van der Waals surface area contributed by atoms with E-state index in [-0.39, 0.29) is 24.0 Å². The van der Waals surface area contributed by atoms with E-state index in [4.69, 9.17) is 0 Å². The van der Waals surface area contributed by atoms with Crippen molar-refractivity contribution in [2.45, 2.75) is 38.4 Å². The van der Waals surface area contributed by atoms with E-state index in [1.54, 1.807) is 0 Å². The zero-order valence-corrected chi connectivity index (χ0v) is 19.9. The third-order valence-electron chi connectivity index (χ3n) is 5.91. The molecule has 0 amide bonds. The molecule has 0 bridgehead atoms. The average molecular weight is 497 g/mol. The Morgan fingerprint density at radius 2 is 1.96 bits per heavy atom. The van der Waals surface area contributed by atoms with Gasteiger partial charge in [-0.05, 0) is 32.4 Å². The van der Waals surface area contributed by atoms with Crippen LogP contribution in [0.4, 0.5) is 0 Å². The summed E-state index contributed by atoms with van der Waals surface area (Å²) in [6.07, 6.45) is 6.90. The van der Waals surface area contributed by atoms with Gasteiger partial charge in [0.05, 0.1) is 0 Å². The predicted molar refractivity (Wildman–Crippen MR) is 129 cm³/mol. The molecular weight excluding hydrogens is 461 g/mol. The van der Waals surface area contributed by atoms with Crippen molar-refractivity contribution >= 4 is 29.9 Å². The summed E-state index contributed by atoms with van der Waals surface area (Å²) in [4.78, 5) is 11.9. The van der Waals surface area contributed by atoms with Gasteiger partial charge in [-0.3, -0.25) is 14.8 Å². The first-order chi connectivity index (χ1) is 13.2. The molecule has 1 fully saturated rings. The molecule has 1 aromatic carbocycles. The topological polar surface area (TPSA) is 34.1 Å². The van der Waals surface area contributed by atoms with Gasteiger partial charge in [0.25, 0.3) is 0 Å². The Morgan fingerprint density at radius 3 is 2.64 bits per heavy atom. The number of rotatable bonds is 7. The smallest absolute Gasteiger partial charge is 0.193 e. The highest BCUT2D eigenvalue weighted by atomic mass is 127. The highest BCUT2D eigenvalue weighted by Crippen LogP contribution is 2.18. The van der Waals surface area contributed by atoms with Gasteiger partial charge in [0.15, 0.2) is 5.96 Å². The summed E-state index contributed by atoms with van der Waals surface area (Å²) < 4.78 is 0. The molecule has 6 heteroatoms. The first-order valence-electron chi connectivity index (χ1n) is 10.3. The maximum Gasteiger partial charge on any atom is 0.193 e. The summed E-state index contributed by atoms with van der Waals surface area (Å²) in [7, 11) is 4.11. The molecule has 0 radical (unpaired) electrons. The molecule has 0 spiro atoms. The molecular formula is C22H36IN5. The molecule has 0 saturated carbocycles. The standard InChI is InChI=1S/C22H35N5.HI/c1-19(25(3)17-20-9-5-4-6-10-20)11-13-24-22(23-2)27-16-12-21(18-27)26-14-7-8-15-26;/h4-10,19,21H,11-18H2,1-3H3,(H,23,24);1H. The van der Waals surface area contributed by atoms with E-state index in [1.807, 2.05) is 7.05 Å². The first-order valence-corrected chi connectivity index (χ1v) is 10.3. The van der Waals surface area contributed by atoms with Crippen LogP contribution in [0.1, 0.15) is 25.3 Å². The number of halogens is 1. The second-order valence-electron chi connectivity index (χ2n) is 7.83. The fourth-order valence-corrected chi connectivity index (χ4v) is 4.00. The van der Waals surface area contributed by atoms with E-state index in [2.05, 4.69) is 81.5 Å². The predicted octanol–water partition coefficient (Wildman–Crippen LogP) is 3.04. The Hall–Kier alpha value is -1.12. The van der Waals surface area contributed by atoms with Crippen molar-refractivity contribution in [2.24, 2.45) is 4.99 Å². The molecule has 2 heterocycles. The Morgan fingerprint density at radius 1 is 1.25 bits per heavy atom. The lowest BCUT2D eigenvalue weighted by atomic mass is 10.1. The van der Waals surface area contributed by atoms with Crippen molar-refractivity contribution in [1.82, 2.24) is 20.0 Å². The molecule has 2 aliphatic heterocycles. The number of likely N-dealkylation sites (tertiary alicyclic amines) is 1. The maximum atomic E-state index is 4.52. The average Bonchev–Trinajstić information content (AvgIpc) is 3.37. The van der Waals surface area contributed by atoms with Crippen LogP contribution in [0.2, 0.25) is 0 Å². The van der Waals surface area contributed by atoms with Crippen LogP contribution in [0.15, 0.2) is 47.5 Å². The van der Waals surface area contributed by atoms with Gasteiger partial charge in [-0.2, -0.15) is 0 Å². The molecule has 2 atom stereocenters. The minimum Gasteiger partial charge on any atom is -0.356 e. The second kappa shape index (κ2) is 11.8. The molecule has 3 rings (SSSR count). The highest BCUT2D eigenvalue weighted by Gasteiger charge is 2.29. The van der Waals surface area contributed by atoms with Crippen LogP contribution in [-0.2, 0) is 6.54 Å². The van der Waals surface area contributed by atoms with E-state index >= 15 is 0 Å². The summed E-state index contributed by atoms with van der Waals surface area (Å²) in [5.41, 5.74) is 1.37. The number of hydrogen-bond donors (Lipinski definition) is 1. The van der Waals surface area contributed by atoms with Gasteiger partial charge in [-0.25, -0.2) is 0 Å². The van der Waals surface area contributed by atoms with Crippen LogP contribution in [0, 0.1) is 0 Å². The Kier molecular flexibility index (Phi) is 9.74. The van der Waals surface area contributed by atoms with Crippen molar-refractivity contribution in [2.75, 3.05) is 46.8 Å². The summed E-state index contributed by atoms with van der Waals surface area (Å²) >= 11 is 0. The van der Waals surface area contributed by atoms with Gasteiger partial charge < -0.3 is 10.2 Å². The van der Waals surface area contributed by atoms with Crippen molar-refractivity contribution in [3.05, 3.63) is 48.0 Å². The summed E-state index contributed by atoms with van der Waals surface area (Å²) in [6, 6.07) is 11.9. The first kappa shape index (κ1) is 23.2. The van der Waals surface area contributed by atoms with Crippen LogP contribution in [0.3, 0.4) is 0 Å². The molecule has 1 aromatic rings. The summed E-state index contributed by atoms with van der Waals surface area (Å²) in [5, 5.41) is 3.59. The van der Waals surface area contributed by atoms with Crippen LogP contribution < -0.4 is 5.32 Å². The van der Waals surface area contributed by atoms with Crippen molar-refractivity contribution in [3.8, 4) is 0 Å². The molecule has 1 N–H and O–H groups in total. The van der Waals surface area contributed by atoms with Crippen LogP contribution in [0.25, 0.3) is 0 Å². The number of aliphatic imine (C=N–C) groups is 1. The van der Waals surface area contributed by atoms with Gasteiger partial charge in [-0.1, -0.05) is 42.5 Å². The normalized spacial score (nSPS) is 21.2. The number of guanidine groups is 1. The SMILES string of the molecule is CN=C(NCCC(C)N(C)Cc1ccccc1)N1CCC(N2CC=CC2)C1.I. The Balaban J connectivity index is 0.00000280. The quantitative estimate of drug-likeness (QED) is 0.272. The third kappa shape index (κ3) is 6.46. The number of nitrogens with one attached hydrogen (secondary N) is 1. The monoisotopic (exact) mass is 497 g/mol. The van der Waals surface area contributed by atoms with Crippen molar-refractivity contribution in [3.63, 3.8) is 0 Å². The van der Waals surface area contributed by atoms with Crippen molar-refractivity contribution < 1.29 is 0 Å². The highest BCUT2D eigenvalue weighted by molar-refractivity contribution is 14.0. The molecule has 0 aromatic heterocycles. The molecule has 5 nitrogen and oxygen atoms in total. The molecule has 28 heavy (non-hydrogen) atoms. The van der Waals surface area contributed by atoms with Gasteiger partial charge in [0.2, 0.25) is 0 Å². The zero-order chi connectivity index (χ0) is 19.1. The maximum absolute atomic E-state index is 4.52. The van der Waals surface area contributed by atoms with Gasteiger partial charge in [0, 0.05) is 58.4 Å². The van der Waals surface area contributed by atoms with Gasteiger partial charge >= 0.3 is 0 Å². The van der Waals surface area contributed by atoms with Crippen LogP contribution >= 0.6 is 24.0 Å². The van der Waals surface area contributed by atoms with Crippen LogP contribution in [0.5, 0.6) is 0 Å². The number of hydrogen-bond acceptors (Lipinski definition) is 3. The fourth-order valence-electron chi connectivity index (χ4n) is 4.00. The Labute approximate surface area is 187 Å². The lowest BCUT2D eigenvalue weighted by Gasteiger charge is -2.27. The fraction of sp³-hybridized carbons (Fsp3) is 0.591. The largest absolute Gasteiger partial charge is 0.356 e. The number of benzene rings is 1. The number of nitrogens with zero attached hydrogens (tertiary/aromatic N) is 4. The molecule has 2 aliphatic rings. The van der Waals surface area contributed by atoms with E-state index in [9.17, 15) is 0 Å². The lowest BCUT2D eigenvalue weighted by Crippen LogP contribution is -2.44. The molecule has 1 saturated heterocycles. The Bertz CT molecular complexity index is 625. The van der Waals surface area contributed by atoms with Gasteiger partial charge in [0.1, 0.15) is 0 Å². The van der Waals surface area contributed by atoms with Crippen LogP contribution in [-0.4, -0.2) is 79.6 Å². The molecule has 0 aliphatic carbocycles. The zero-order valence-electron chi connectivity index (χ0n) is 17.6. The summed E-state index contributed by atoms with van der Waals surface area (Å²) in [6.45, 7) is 8.66. The minimum atomic E-state index is 0. The minimum absolute atomic E-state index is 0. The van der Waals surface area contributed by atoms with Crippen molar-refractivity contribution in [1.29, 1.82) is 0 Å².